The van der Waals surface area contributed by atoms with Crippen LogP contribution in [0, 0.1) is 0 Å². The first-order valence-electron chi connectivity index (χ1n) is 4.00. The second-order valence-electron chi connectivity index (χ2n) is 3.26. The van der Waals surface area contributed by atoms with Crippen LogP contribution in [0.3, 0.4) is 0 Å². The Labute approximate surface area is 90.0 Å². The van der Waals surface area contributed by atoms with E-state index in [4.69, 9.17) is 11.6 Å². The average molecular weight is 263 g/mol. The lowest BCUT2D eigenvalue weighted by atomic mass is 9.88. The Morgan fingerprint density at radius 2 is 2.15 bits per heavy atom. The summed E-state index contributed by atoms with van der Waals surface area (Å²) >= 11 is 9.25. The molecule has 0 amide bonds. The fourth-order valence-corrected chi connectivity index (χ4v) is 2.19. The van der Waals surface area contributed by atoms with Gasteiger partial charge in [-0.2, -0.15) is 0 Å². The molecule has 0 saturated carbocycles. The lowest BCUT2D eigenvalue weighted by Gasteiger charge is -2.38. The van der Waals surface area contributed by atoms with Crippen LogP contribution in [0.1, 0.15) is 5.56 Å². The first kappa shape index (κ1) is 9.46. The molecule has 1 aliphatic heterocycles. The third kappa shape index (κ3) is 1.62. The minimum atomic E-state index is -0.746. The number of aliphatic hydroxyl groups is 1. The van der Waals surface area contributed by atoms with Gasteiger partial charge in [0, 0.05) is 28.1 Å². The Morgan fingerprint density at radius 1 is 1.46 bits per heavy atom. The zero-order chi connectivity index (χ0) is 9.47. The summed E-state index contributed by atoms with van der Waals surface area (Å²) < 4.78 is 0.904. The molecule has 0 spiro atoms. The molecule has 4 heteroatoms. The summed E-state index contributed by atoms with van der Waals surface area (Å²) in [7, 11) is 0. The second-order valence-corrected chi connectivity index (χ2v) is 4.55. The van der Waals surface area contributed by atoms with E-state index >= 15 is 0 Å². The summed E-state index contributed by atoms with van der Waals surface area (Å²) in [6.07, 6.45) is 0. The van der Waals surface area contributed by atoms with E-state index < -0.39 is 5.60 Å². The van der Waals surface area contributed by atoms with Crippen molar-refractivity contribution in [3.05, 3.63) is 33.3 Å². The standard InChI is InChI=1S/C9H9BrClNO/c10-8-2-1-6(11)3-7(8)9(13)4-12-5-9/h1-3,12-13H,4-5H2. The molecular weight excluding hydrogens is 253 g/mol. The topological polar surface area (TPSA) is 32.3 Å². The normalized spacial score (nSPS) is 19.6. The van der Waals surface area contributed by atoms with Gasteiger partial charge in [0.2, 0.25) is 0 Å². The zero-order valence-corrected chi connectivity index (χ0v) is 9.19. The summed E-state index contributed by atoms with van der Waals surface area (Å²) in [4.78, 5) is 0. The number of benzene rings is 1. The highest BCUT2D eigenvalue weighted by atomic mass is 79.9. The molecule has 0 aromatic heterocycles. The molecule has 0 radical (unpaired) electrons. The van der Waals surface area contributed by atoms with Crippen molar-refractivity contribution in [2.24, 2.45) is 0 Å². The molecule has 1 aromatic carbocycles. The lowest BCUT2D eigenvalue weighted by molar-refractivity contribution is -0.0152. The van der Waals surface area contributed by atoms with Gasteiger partial charge in [-0.1, -0.05) is 27.5 Å². The van der Waals surface area contributed by atoms with Crippen molar-refractivity contribution in [2.75, 3.05) is 13.1 Å². The van der Waals surface area contributed by atoms with Crippen molar-refractivity contribution in [3.8, 4) is 0 Å². The fraction of sp³-hybridized carbons (Fsp3) is 0.333. The van der Waals surface area contributed by atoms with E-state index in [2.05, 4.69) is 21.2 Å². The van der Waals surface area contributed by atoms with Gasteiger partial charge in [0.25, 0.3) is 0 Å². The van der Waals surface area contributed by atoms with E-state index in [1.807, 2.05) is 6.07 Å². The number of rotatable bonds is 1. The van der Waals surface area contributed by atoms with Gasteiger partial charge < -0.3 is 10.4 Å². The molecule has 1 heterocycles. The van der Waals surface area contributed by atoms with E-state index in [1.54, 1.807) is 12.1 Å². The molecule has 13 heavy (non-hydrogen) atoms. The van der Waals surface area contributed by atoms with Gasteiger partial charge in [0.05, 0.1) is 0 Å². The summed E-state index contributed by atoms with van der Waals surface area (Å²) in [6.45, 7) is 1.18. The van der Waals surface area contributed by atoms with Crippen LogP contribution in [0.5, 0.6) is 0 Å². The molecule has 1 aliphatic rings. The molecule has 2 rings (SSSR count). The largest absolute Gasteiger partial charge is 0.382 e. The van der Waals surface area contributed by atoms with Gasteiger partial charge in [-0.15, -0.1) is 0 Å². The molecule has 0 atom stereocenters. The molecule has 1 saturated heterocycles. The molecule has 1 aromatic rings. The van der Waals surface area contributed by atoms with Crippen LogP contribution in [-0.4, -0.2) is 18.2 Å². The number of halogens is 2. The van der Waals surface area contributed by atoms with Crippen molar-refractivity contribution in [1.82, 2.24) is 5.32 Å². The molecule has 2 N–H and O–H groups in total. The minimum absolute atomic E-state index is 0.589. The van der Waals surface area contributed by atoms with Crippen LogP contribution in [0.2, 0.25) is 5.02 Å². The first-order chi connectivity index (χ1) is 6.12. The van der Waals surface area contributed by atoms with Gasteiger partial charge in [0.1, 0.15) is 5.60 Å². The molecule has 0 unspecified atom stereocenters. The second kappa shape index (κ2) is 3.24. The summed E-state index contributed by atoms with van der Waals surface area (Å²) in [5, 5.41) is 13.7. The van der Waals surface area contributed by atoms with Gasteiger partial charge >= 0.3 is 0 Å². The highest BCUT2D eigenvalue weighted by molar-refractivity contribution is 9.10. The zero-order valence-electron chi connectivity index (χ0n) is 6.85. The quantitative estimate of drug-likeness (QED) is 0.810. The van der Waals surface area contributed by atoms with Crippen molar-refractivity contribution >= 4 is 27.5 Å². The Kier molecular flexibility index (Phi) is 2.36. The predicted molar refractivity (Wildman–Crippen MR) is 55.9 cm³/mol. The van der Waals surface area contributed by atoms with E-state index in [0.29, 0.717) is 18.1 Å². The maximum atomic E-state index is 10.0. The molecule has 2 nitrogen and oxygen atoms in total. The molecule has 0 bridgehead atoms. The van der Waals surface area contributed by atoms with Crippen molar-refractivity contribution in [2.45, 2.75) is 5.60 Å². The third-order valence-electron chi connectivity index (χ3n) is 2.26. The van der Waals surface area contributed by atoms with Crippen molar-refractivity contribution in [1.29, 1.82) is 0 Å². The van der Waals surface area contributed by atoms with E-state index in [1.165, 1.54) is 0 Å². The Balaban J connectivity index is 2.43. The molecule has 0 aliphatic carbocycles. The molecule has 1 fully saturated rings. The van der Waals surface area contributed by atoms with E-state index in [0.717, 1.165) is 10.0 Å². The summed E-state index contributed by atoms with van der Waals surface area (Å²) in [5.74, 6) is 0. The SMILES string of the molecule is OC1(c2cc(Cl)ccc2Br)CNC1. The number of nitrogens with one attached hydrogen (secondary N) is 1. The monoisotopic (exact) mass is 261 g/mol. The lowest BCUT2D eigenvalue weighted by Crippen LogP contribution is -2.56. The average Bonchev–Trinajstić information content (AvgIpc) is 2.05. The number of hydrogen-bond donors (Lipinski definition) is 2. The maximum Gasteiger partial charge on any atom is 0.115 e. The van der Waals surface area contributed by atoms with E-state index in [-0.39, 0.29) is 0 Å². The Hall–Kier alpha value is -0.0900. The predicted octanol–water partition coefficient (Wildman–Crippen LogP) is 1.89. The highest BCUT2D eigenvalue weighted by Gasteiger charge is 2.37. The fourth-order valence-electron chi connectivity index (χ4n) is 1.41. The molecular formula is C9H9BrClNO. The highest BCUT2D eigenvalue weighted by Crippen LogP contribution is 2.33. The first-order valence-corrected chi connectivity index (χ1v) is 5.17. The van der Waals surface area contributed by atoms with Gasteiger partial charge in [-0.25, -0.2) is 0 Å². The van der Waals surface area contributed by atoms with Crippen LogP contribution in [-0.2, 0) is 5.60 Å². The third-order valence-corrected chi connectivity index (χ3v) is 3.19. The minimum Gasteiger partial charge on any atom is -0.382 e. The Morgan fingerprint density at radius 3 is 2.69 bits per heavy atom. The van der Waals surface area contributed by atoms with E-state index in [9.17, 15) is 5.11 Å². The van der Waals surface area contributed by atoms with Gasteiger partial charge in [0.15, 0.2) is 0 Å². The smallest absolute Gasteiger partial charge is 0.115 e. The maximum absolute atomic E-state index is 10.0. The summed E-state index contributed by atoms with van der Waals surface area (Å²) in [5.41, 5.74) is 0.114. The van der Waals surface area contributed by atoms with Crippen LogP contribution < -0.4 is 5.32 Å². The number of hydrogen-bond acceptors (Lipinski definition) is 2. The Bertz CT molecular complexity index is 338. The van der Waals surface area contributed by atoms with Crippen LogP contribution in [0.4, 0.5) is 0 Å². The summed E-state index contributed by atoms with van der Waals surface area (Å²) in [6, 6.07) is 5.45. The van der Waals surface area contributed by atoms with Crippen LogP contribution in [0.15, 0.2) is 22.7 Å². The van der Waals surface area contributed by atoms with Crippen molar-refractivity contribution in [3.63, 3.8) is 0 Å². The number of β-amino-alcohol motifs (C(OH)–C–C–N with tert-alkyl or cyclic N) is 1. The molecule has 70 valence electrons. The van der Waals surface area contributed by atoms with Gasteiger partial charge in [-0.3, -0.25) is 0 Å². The van der Waals surface area contributed by atoms with Crippen LogP contribution in [0.25, 0.3) is 0 Å². The van der Waals surface area contributed by atoms with Gasteiger partial charge in [-0.05, 0) is 18.2 Å². The van der Waals surface area contributed by atoms with Crippen molar-refractivity contribution < 1.29 is 5.11 Å². The van der Waals surface area contributed by atoms with Crippen LogP contribution >= 0.6 is 27.5 Å².